The first-order valence-corrected chi connectivity index (χ1v) is 34.1. The molecular formula is C64H56F4K2N6O14SSe2. The number of benzene rings is 6. The molecule has 8 heterocycles. The average molecular weight is 1480 g/mol. The maximum absolute atomic E-state index is 15.4. The molecule has 2 amide bonds. The summed E-state index contributed by atoms with van der Waals surface area (Å²) in [5.74, 6) is -4.13. The van der Waals surface area contributed by atoms with Crippen molar-refractivity contribution in [3.05, 3.63) is 258 Å². The maximum Gasteiger partial charge on any atom is 1.00 e. The van der Waals surface area contributed by atoms with Gasteiger partial charge in [-0.1, -0.05) is 36.4 Å². The van der Waals surface area contributed by atoms with Crippen molar-refractivity contribution in [2.75, 3.05) is 56.2 Å². The zero-order valence-electron chi connectivity index (χ0n) is 51.2. The molecule has 6 aliphatic heterocycles. The molecule has 0 aliphatic carbocycles. The SMILES string of the molecule is CS(=O)(=O)OC1c2ccccc2[Se]Cc2c1ccc(F)c2F.O=C1c2c(OCc3ccccc3)c(=O)ccn2N(C2c3ccccc3[Se]Cc3c2ccc(F)c3F)C2COCCN12.O=C1c2c(OCc3ccccc3)c(=O)ccn2NC2COCCN12.O=CO[O-].[H-].[K+].[K+]. The topological polar surface area (TPSA) is 230 Å². The minimum Gasteiger partial charge on any atom is -1.00 e. The quantitative estimate of drug-likeness (QED) is 0.0402. The summed E-state index contributed by atoms with van der Waals surface area (Å²) in [7, 11) is -3.76. The van der Waals surface area contributed by atoms with Gasteiger partial charge in [0.05, 0.1) is 13.2 Å². The fourth-order valence-electron chi connectivity index (χ4n) is 11.2. The Morgan fingerprint density at radius 1 is 0.624 bits per heavy atom. The third-order valence-electron chi connectivity index (χ3n) is 15.3. The summed E-state index contributed by atoms with van der Waals surface area (Å²) < 4.78 is 114. The van der Waals surface area contributed by atoms with Crippen LogP contribution in [0.2, 0.25) is 0 Å². The largest absolute Gasteiger partial charge is 1.00 e. The third kappa shape index (κ3) is 16.1. The monoisotopic (exact) mass is 1480 g/mol. The van der Waals surface area contributed by atoms with Crippen LogP contribution in [0.5, 0.6) is 11.5 Å². The molecule has 2 fully saturated rings. The molecule has 0 saturated carbocycles. The van der Waals surface area contributed by atoms with E-state index in [-0.39, 0.29) is 212 Å². The molecule has 2 aromatic heterocycles. The van der Waals surface area contributed by atoms with Crippen molar-refractivity contribution in [1.29, 1.82) is 0 Å². The van der Waals surface area contributed by atoms with Crippen LogP contribution in [0.1, 0.15) is 79.1 Å². The summed E-state index contributed by atoms with van der Waals surface area (Å²) in [6.45, 7) is 2.40. The second-order valence-corrected chi connectivity index (χ2v) is 26.8. The second kappa shape index (κ2) is 32.6. The van der Waals surface area contributed by atoms with Crippen LogP contribution >= 0.6 is 0 Å². The van der Waals surface area contributed by atoms with Crippen LogP contribution in [0.4, 0.5) is 17.6 Å². The van der Waals surface area contributed by atoms with E-state index in [1.807, 2.05) is 102 Å². The van der Waals surface area contributed by atoms with Gasteiger partial charge in [0, 0.05) is 18.8 Å². The Morgan fingerprint density at radius 3 is 1.71 bits per heavy atom. The third-order valence-corrected chi connectivity index (χ3v) is 20.5. The first-order valence-electron chi connectivity index (χ1n) is 28.2. The molecule has 1 N–H and O–H groups in total. The van der Waals surface area contributed by atoms with E-state index in [9.17, 15) is 40.8 Å². The molecule has 4 unspecified atom stereocenters. The van der Waals surface area contributed by atoms with Gasteiger partial charge in [-0.15, -0.1) is 0 Å². The molecule has 0 bridgehead atoms. The van der Waals surface area contributed by atoms with Crippen LogP contribution in [-0.2, 0) is 57.3 Å². The van der Waals surface area contributed by atoms with Crippen molar-refractivity contribution >= 4 is 67.2 Å². The molecule has 4 atom stereocenters. The van der Waals surface area contributed by atoms with Crippen LogP contribution in [0.25, 0.3) is 0 Å². The number of ether oxygens (including phenoxy) is 4. The van der Waals surface area contributed by atoms with Crippen LogP contribution in [0.15, 0.2) is 168 Å². The standard InChI is InChI=1S/C31H25F2N3O4Se.C17H17N3O4.C15H12F2O3SSe.CH2O3.2K.H/c32-23-11-10-20-22(27(23)33)18-41-25-9-5-4-8-21(25)28(20)36-26-17-39-15-14-34(26)31(38)29-30(24(37)12-13-35(29)36)40-16-19-6-2-1-3-7-19;21-13-6-7-20-15(16(13)24-10-12-4-2-1-3-5-12)17(22)19-8-9-23-11-14(19)18-20;1-21(18,19)20-15-9-6-7-12(16)14(17)11(9)8-22-13-5-3-2-4-10(13)15;2-1-4-3;;;/h1-13,26,28H,14-18H2;1-7,14,18H,8-11H2;2-7,15H,8H2,1H3;1,3H;;;/q;;;;2*+1;-1/p-1. The van der Waals surface area contributed by atoms with E-state index < -0.39 is 57.1 Å². The Bertz CT molecular complexity index is 4290. The van der Waals surface area contributed by atoms with Crippen molar-refractivity contribution in [2.45, 2.75) is 48.3 Å². The Balaban J connectivity index is 0.000000184. The number of morpholine rings is 2. The molecular weight excluding hydrogens is 1420 g/mol. The molecule has 20 nitrogen and oxygen atoms in total. The molecule has 0 spiro atoms. The van der Waals surface area contributed by atoms with E-state index in [0.717, 1.165) is 44.0 Å². The molecule has 474 valence electrons. The predicted octanol–water partition coefficient (Wildman–Crippen LogP) is -1.70. The van der Waals surface area contributed by atoms with Gasteiger partial charge in [-0.3, -0.25) is 19.1 Å². The summed E-state index contributed by atoms with van der Waals surface area (Å²) in [6.07, 6.45) is 2.33. The van der Waals surface area contributed by atoms with Gasteiger partial charge in [-0.25, -0.2) is 0 Å². The van der Waals surface area contributed by atoms with Gasteiger partial charge in [0.2, 0.25) is 5.43 Å². The summed E-state index contributed by atoms with van der Waals surface area (Å²) in [5, 5.41) is 11.1. The molecule has 2 saturated heterocycles. The normalized spacial score (nSPS) is 17.9. The summed E-state index contributed by atoms with van der Waals surface area (Å²) in [4.78, 5) is 66.9. The Morgan fingerprint density at radius 2 is 1.12 bits per heavy atom. The van der Waals surface area contributed by atoms with Crippen molar-refractivity contribution in [3.63, 3.8) is 0 Å². The Hall–Kier alpha value is -5.35. The molecule has 93 heavy (non-hydrogen) atoms. The number of pyridine rings is 2. The average Bonchev–Trinajstić information content (AvgIpc) is 0.960. The van der Waals surface area contributed by atoms with E-state index in [0.29, 0.717) is 65.8 Å². The number of nitrogens with one attached hydrogen (secondary N) is 1. The van der Waals surface area contributed by atoms with Gasteiger partial charge in [0.1, 0.15) is 12.8 Å². The zero-order valence-corrected chi connectivity index (χ0v) is 60.6. The van der Waals surface area contributed by atoms with Gasteiger partial charge in [0.25, 0.3) is 12.4 Å². The number of hydrogen-bond donors (Lipinski definition) is 1. The number of amides is 2. The van der Waals surface area contributed by atoms with Crippen molar-refractivity contribution in [3.8, 4) is 11.5 Å². The van der Waals surface area contributed by atoms with Gasteiger partial charge >= 0.3 is 471 Å². The number of nitrogens with zero attached hydrogens (tertiary/aromatic N) is 5. The van der Waals surface area contributed by atoms with Gasteiger partial charge in [0.15, 0.2) is 11.4 Å². The van der Waals surface area contributed by atoms with Crippen LogP contribution in [-0.4, -0.2) is 134 Å². The van der Waals surface area contributed by atoms with E-state index in [1.54, 1.807) is 49.7 Å². The smallest absolute Gasteiger partial charge is 1.00 e. The number of hydrogen-bond acceptors (Lipinski definition) is 16. The van der Waals surface area contributed by atoms with E-state index in [4.69, 9.17) is 33.2 Å². The Kier molecular flexibility index (Phi) is 25.2. The van der Waals surface area contributed by atoms with Gasteiger partial charge < -0.3 is 31.4 Å². The van der Waals surface area contributed by atoms with E-state index in [1.165, 1.54) is 18.2 Å². The number of aromatic nitrogens is 2. The first kappa shape index (κ1) is 71.9. The van der Waals surface area contributed by atoms with E-state index in [2.05, 4.69) is 10.3 Å². The first-order chi connectivity index (χ1) is 44.0. The molecule has 29 heteroatoms. The Labute approximate surface area is 630 Å². The van der Waals surface area contributed by atoms with Gasteiger partial charge in [-0.05, 0) is 5.56 Å². The van der Waals surface area contributed by atoms with Crippen molar-refractivity contribution < 1.29 is 178 Å². The summed E-state index contributed by atoms with van der Waals surface area (Å²) in [6, 6.07) is 41.5. The minimum atomic E-state index is -3.76. The summed E-state index contributed by atoms with van der Waals surface area (Å²) >= 11 is -0.283. The number of halogens is 4. The molecule has 8 aromatic rings. The van der Waals surface area contributed by atoms with E-state index >= 15 is 4.39 Å². The van der Waals surface area contributed by atoms with Crippen molar-refractivity contribution in [1.82, 2.24) is 19.2 Å². The van der Waals surface area contributed by atoms with Crippen molar-refractivity contribution in [2.24, 2.45) is 0 Å². The minimum absolute atomic E-state index is 0. The molecule has 6 aromatic carbocycles. The predicted molar refractivity (Wildman–Crippen MR) is 323 cm³/mol. The van der Waals surface area contributed by atoms with Crippen LogP contribution in [0.3, 0.4) is 0 Å². The maximum atomic E-state index is 15.4. The number of rotatable bonds is 10. The number of fused-ring (bicyclic) bond motifs is 8. The number of carbonyl (C=O) groups is 3. The summed E-state index contributed by atoms with van der Waals surface area (Å²) in [5.41, 5.74) is 7.72. The zero-order chi connectivity index (χ0) is 63.9. The van der Waals surface area contributed by atoms with Crippen LogP contribution in [0, 0.1) is 23.3 Å². The molecule has 6 aliphatic rings. The fourth-order valence-corrected chi connectivity index (χ4v) is 16.4. The molecule has 0 radical (unpaired) electrons. The van der Waals surface area contributed by atoms with Crippen LogP contribution < -0.4 is 148 Å². The fraction of sp³-hybridized carbons (Fsp3) is 0.234. The molecule has 14 rings (SSSR count). The second-order valence-electron chi connectivity index (χ2n) is 20.9. The number of carbonyl (C=O) groups excluding carboxylic acids is 3. The van der Waals surface area contributed by atoms with Gasteiger partial charge in [-0.2, -0.15) is 0 Å².